The van der Waals surface area contributed by atoms with E-state index in [1.54, 1.807) is 6.07 Å². The van der Waals surface area contributed by atoms with Crippen molar-refractivity contribution in [2.45, 2.75) is 25.8 Å². The van der Waals surface area contributed by atoms with Crippen LogP contribution in [0.2, 0.25) is 0 Å². The van der Waals surface area contributed by atoms with Crippen molar-refractivity contribution < 1.29 is 14.3 Å². The number of carbonyl (C=O) groups is 1. The summed E-state index contributed by atoms with van der Waals surface area (Å²) >= 11 is 0. The summed E-state index contributed by atoms with van der Waals surface area (Å²) < 4.78 is 5.21. The minimum absolute atomic E-state index is 0.0574. The smallest absolute Gasteiger partial charge is 0.371 e. The second-order valence-corrected chi connectivity index (χ2v) is 5.14. The van der Waals surface area contributed by atoms with Gasteiger partial charge in [0.2, 0.25) is 5.76 Å². The highest BCUT2D eigenvalue weighted by Gasteiger charge is 2.20. The highest BCUT2D eigenvalue weighted by atomic mass is 16.4. The second kappa shape index (κ2) is 5.18. The lowest BCUT2D eigenvalue weighted by molar-refractivity contribution is 0.0663. The Balaban J connectivity index is 2.05. The summed E-state index contributed by atoms with van der Waals surface area (Å²) in [4.78, 5) is 10.7. The summed E-state index contributed by atoms with van der Waals surface area (Å²) in [6, 6.07) is 13.2. The molecule has 100 valence electrons. The molecule has 19 heavy (non-hydrogen) atoms. The first kappa shape index (κ1) is 13.2. The maximum Gasteiger partial charge on any atom is 0.371 e. The fourth-order valence-electron chi connectivity index (χ4n) is 2.00. The molecule has 1 aromatic carbocycles. The van der Waals surface area contributed by atoms with E-state index in [9.17, 15) is 4.79 Å². The molecular formula is C15H17NO3. The Kier molecular flexibility index (Phi) is 3.60. The quantitative estimate of drug-likeness (QED) is 0.863. The molecule has 0 aliphatic carbocycles. The van der Waals surface area contributed by atoms with Gasteiger partial charge >= 0.3 is 5.97 Å². The third kappa shape index (κ3) is 3.61. The largest absolute Gasteiger partial charge is 0.475 e. The number of hydrogen-bond donors (Lipinski definition) is 2. The first-order valence-electron chi connectivity index (χ1n) is 6.11. The van der Waals surface area contributed by atoms with Crippen molar-refractivity contribution in [3.63, 3.8) is 0 Å². The van der Waals surface area contributed by atoms with Gasteiger partial charge in [-0.05, 0) is 31.9 Å². The van der Waals surface area contributed by atoms with Crippen LogP contribution in [0, 0.1) is 0 Å². The van der Waals surface area contributed by atoms with E-state index in [2.05, 4.69) is 17.4 Å². The Hall–Kier alpha value is -2.23. The maximum atomic E-state index is 10.7. The van der Waals surface area contributed by atoms with E-state index < -0.39 is 5.97 Å². The number of benzene rings is 1. The van der Waals surface area contributed by atoms with Crippen molar-refractivity contribution >= 4 is 11.9 Å². The molecule has 0 saturated heterocycles. The Bertz CT molecular complexity index is 558. The number of carboxylic acids is 1. The topological polar surface area (TPSA) is 62.5 Å². The number of carboxylic acid groups (broad SMARTS) is 1. The maximum absolute atomic E-state index is 10.7. The van der Waals surface area contributed by atoms with Crippen LogP contribution in [0.4, 0.5) is 5.88 Å². The number of anilines is 1. The monoisotopic (exact) mass is 259 g/mol. The van der Waals surface area contributed by atoms with Crippen LogP contribution in [0.25, 0.3) is 0 Å². The van der Waals surface area contributed by atoms with Gasteiger partial charge in [-0.15, -0.1) is 0 Å². The molecule has 2 rings (SSSR count). The third-order valence-electron chi connectivity index (χ3n) is 2.77. The predicted octanol–water partition coefficient (Wildman–Crippen LogP) is 3.41. The predicted molar refractivity (Wildman–Crippen MR) is 73.5 cm³/mol. The van der Waals surface area contributed by atoms with Gasteiger partial charge in [0.15, 0.2) is 5.88 Å². The van der Waals surface area contributed by atoms with Crippen LogP contribution >= 0.6 is 0 Å². The zero-order chi connectivity index (χ0) is 13.9. The van der Waals surface area contributed by atoms with E-state index in [1.165, 1.54) is 11.6 Å². The molecule has 0 bridgehead atoms. The third-order valence-corrected chi connectivity index (χ3v) is 2.77. The average Bonchev–Trinajstić information content (AvgIpc) is 2.77. The van der Waals surface area contributed by atoms with Gasteiger partial charge < -0.3 is 14.8 Å². The highest BCUT2D eigenvalue weighted by Crippen LogP contribution is 2.21. The lowest BCUT2D eigenvalue weighted by Crippen LogP contribution is -2.33. The Labute approximate surface area is 112 Å². The molecule has 1 aromatic heterocycles. The molecule has 4 heteroatoms. The van der Waals surface area contributed by atoms with Crippen molar-refractivity contribution in [1.82, 2.24) is 0 Å². The minimum atomic E-state index is -1.06. The van der Waals surface area contributed by atoms with Crippen LogP contribution in [-0.2, 0) is 6.42 Å². The van der Waals surface area contributed by atoms with Crippen LogP contribution in [0.1, 0.15) is 30.0 Å². The Morgan fingerprint density at radius 2 is 1.89 bits per heavy atom. The van der Waals surface area contributed by atoms with Gasteiger partial charge in [0.25, 0.3) is 0 Å². The van der Waals surface area contributed by atoms with Crippen LogP contribution in [0.3, 0.4) is 0 Å². The van der Waals surface area contributed by atoms with Gasteiger partial charge in [0.05, 0.1) is 0 Å². The van der Waals surface area contributed by atoms with E-state index in [-0.39, 0.29) is 11.3 Å². The van der Waals surface area contributed by atoms with Crippen LogP contribution < -0.4 is 5.32 Å². The molecule has 0 aliphatic heterocycles. The summed E-state index contributed by atoms with van der Waals surface area (Å²) in [7, 11) is 0. The lowest BCUT2D eigenvalue weighted by atomic mass is 9.95. The SMILES string of the molecule is CC(C)(Cc1ccccc1)Nc1ccc(C(=O)O)o1. The second-order valence-electron chi connectivity index (χ2n) is 5.14. The summed E-state index contributed by atoms with van der Waals surface area (Å²) in [5.41, 5.74) is 0.986. The number of hydrogen-bond acceptors (Lipinski definition) is 3. The fourth-order valence-corrected chi connectivity index (χ4v) is 2.00. The van der Waals surface area contributed by atoms with Gasteiger partial charge in [0.1, 0.15) is 0 Å². The Morgan fingerprint density at radius 1 is 1.21 bits per heavy atom. The summed E-state index contributed by atoms with van der Waals surface area (Å²) in [6.07, 6.45) is 0.816. The van der Waals surface area contributed by atoms with E-state index in [4.69, 9.17) is 9.52 Å². The molecule has 0 aliphatic rings. The molecule has 1 heterocycles. The van der Waals surface area contributed by atoms with Crippen molar-refractivity contribution in [1.29, 1.82) is 0 Å². The molecule has 4 nitrogen and oxygen atoms in total. The lowest BCUT2D eigenvalue weighted by Gasteiger charge is -2.26. The van der Waals surface area contributed by atoms with Crippen LogP contribution in [0.5, 0.6) is 0 Å². The summed E-state index contributed by atoms with van der Waals surface area (Å²) in [5.74, 6) is -0.648. The molecule has 0 radical (unpaired) electrons. The molecule has 2 aromatic rings. The van der Waals surface area contributed by atoms with E-state index in [1.807, 2.05) is 32.0 Å². The Morgan fingerprint density at radius 3 is 2.47 bits per heavy atom. The van der Waals surface area contributed by atoms with Crippen molar-refractivity contribution in [2.75, 3.05) is 5.32 Å². The molecule has 0 atom stereocenters. The average molecular weight is 259 g/mol. The van der Waals surface area contributed by atoms with Crippen molar-refractivity contribution in [2.24, 2.45) is 0 Å². The summed E-state index contributed by atoms with van der Waals surface area (Å²) in [6.45, 7) is 4.09. The molecular weight excluding hydrogens is 242 g/mol. The van der Waals surface area contributed by atoms with Crippen molar-refractivity contribution in [3.8, 4) is 0 Å². The van der Waals surface area contributed by atoms with E-state index in [0.29, 0.717) is 5.88 Å². The standard InChI is InChI=1S/C15H17NO3/c1-15(2,10-11-6-4-3-5-7-11)16-13-9-8-12(19-13)14(17)18/h3-9,16H,10H2,1-2H3,(H,17,18). The van der Waals surface area contributed by atoms with Gasteiger partial charge in [-0.1, -0.05) is 30.3 Å². The zero-order valence-corrected chi connectivity index (χ0v) is 11.0. The normalized spacial score (nSPS) is 11.3. The molecule has 0 saturated carbocycles. The van der Waals surface area contributed by atoms with Crippen LogP contribution in [-0.4, -0.2) is 16.6 Å². The minimum Gasteiger partial charge on any atom is -0.475 e. The van der Waals surface area contributed by atoms with E-state index >= 15 is 0 Å². The number of rotatable bonds is 5. The number of aromatic carboxylic acids is 1. The first-order valence-corrected chi connectivity index (χ1v) is 6.11. The zero-order valence-electron chi connectivity index (χ0n) is 11.0. The van der Waals surface area contributed by atoms with Gasteiger partial charge in [-0.25, -0.2) is 4.79 Å². The van der Waals surface area contributed by atoms with Gasteiger partial charge in [-0.3, -0.25) is 0 Å². The molecule has 0 amide bonds. The van der Waals surface area contributed by atoms with Gasteiger partial charge in [-0.2, -0.15) is 0 Å². The van der Waals surface area contributed by atoms with Crippen LogP contribution in [0.15, 0.2) is 46.9 Å². The molecule has 0 spiro atoms. The molecule has 2 N–H and O–H groups in total. The number of furan rings is 1. The van der Waals surface area contributed by atoms with Crippen molar-refractivity contribution in [3.05, 3.63) is 53.8 Å². The molecule has 0 fully saturated rings. The summed E-state index contributed by atoms with van der Waals surface area (Å²) in [5, 5.41) is 12.0. The fraction of sp³-hybridized carbons (Fsp3) is 0.267. The van der Waals surface area contributed by atoms with Gasteiger partial charge in [0, 0.05) is 11.6 Å². The highest BCUT2D eigenvalue weighted by molar-refractivity contribution is 5.84. The van der Waals surface area contributed by atoms with E-state index in [0.717, 1.165) is 6.42 Å². The first-order chi connectivity index (χ1) is 8.96. The molecule has 0 unspecified atom stereocenters. The number of nitrogens with one attached hydrogen (secondary N) is 1.